The van der Waals surface area contributed by atoms with Crippen LogP contribution in [0.5, 0.6) is 0 Å². The van der Waals surface area contributed by atoms with E-state index in [9.17, 15) is 0 Å². The van der Waals surface area contributed by atoms with Crippen LogP contribution in [0.1, 0.15) is 47.2 Å². The summed E-state index contributed by atoms with van der Waals surface area (Å²) in [4.78, 5) is 2.37. The Hall–Kier alpha value is -8.20. The van der Waals surface area contributed by atoms with Crippen LogP contribution in [0.4, 0.5) is 17.1 Å². The van der Waals surface area contributed by atoms with Crippen molar-refractivity contribution in [3.8, 4) is 50.2 Å². The molecular formula is C64H44N2. The highest BCUT2D eigenvalue weighted by atomic mass is 15.1. The van der Waals surface area contributed by atoms with E-state index in [0.717, 1.165) is 17.1 Å². The van der Waals surface area contributed by atoms with E-state index in [1.165, 1.54) is 105 Å². The third kappa shape index (κ3) is 4.91. The fourth-order valence-corrected chi connectivity index (χ4v) is 12.4. The highest BCUT2D eigenvalue weighted by Crippen LogP contribution is 2.66. The van der Waals surface area contributed by atoms with E-state index in [1.807, 2.05) is 0 Å². The molecule has 10 aromatic carbocycles. The summed E-state index contributed by atoms with van der Waals surface area (Å²) >= 11 is 0. The zero-order valence-electron chi connectivity index (χ0n) is 36.8. The molecule has 0 saturated carbocycles. The van der Waals surface area contributed by atoms with Crippen LogP contribution in [0.3, 0.4) is 0 Å². The molecule has 0 bridgehead atoms. The number of aromatic nitrogens is 1. The number of rotatable bonds is 5. The van der Waals surface area contributed by atoms with Crippen molar-refractivity contribution >= 4 is 38.9 Å². The number of fused-ring (bicyclic) bond motifs is 17. The summed E-state index contributed by atoms with van der Waals surface area (Å²) in [5, 5.41) is 2.46. The molecule has 0 atom stereocenters. The van der Waals surface area contributed by atoms with E-state index in [2.05, 4.69) is 254 Å². The van der Waals surface area contributed by atoms with Crippen molar-refractivity contribution in [2.45, 2.75) is 24.7 Å². The lowest BCUT2D eigenvalue weighted by atomic mass is 9.70. The van der Waals surface area contributed by atoms with Crippen LogP contribution >= 0.6 is 0 Å². The minimum absolute atomic E-state index is 0.218. The quantitative estimate of drug-likeness (QED) is 0.168. The van der Waals surface area contributed by atoms with Gasteiger partial charge < -0.3 is 9.47 Å². The minimum atomic E-state index is -0.371. The first-order chi connectivity index (χ1) is 32.5. The Morgan fingerprint density at radius 2 is 0.848 bits per heavy atom. The lowest BCUT2D eigenvalue weighted by Gasteiger charge is -2.31. The summed E-state index contributed by atoms with van der Waals surface area (Å²) < 4.78 is 2.48. The highest BCUT2D eigenvalue weighted by molar-refractivity contribution is 6.11. The van der Waals surface area contributed by atoms with Crippen molar-refractivity contribution in [1.29, 1.82) is 0 Å². The second-order valence-corrected chi connectivity index (χ2v) is 18.8. The second kappa shape index (κ2) is 13.7. The molecule has 0 fully saturated rings. The summed E-state index contributed by atoms with van der Waals surface area (Å²) in [6, 6.07) is 85.8. The average molecular weight is 841 g/mol. The Morgan fingerprint density at radius 3 is 1.58 bits per heavy atom. The minimum Gasteiger partial charge on any atom is -0.310 e. The van der Waals surface area contributed by atoms with Gasteiger partial charge in [-0.05, 0) is 139 Å². The smallest absolute Gasteiger partial charge is 0.0725 e. The maximum Gasteiger partial charge on any atom is 0.0725 e. The molecule has 0 saturated heterocycles. The SMILES string of the molecule is CC1(C)c2cc(-n3c4ccccc4c4cc(N(c5ccccc5)c5ccc(-c6ccccc6)cc5)ccc43)ccc2-c2c1ccc1c2-c2ccccc2C12c1ccccc1-c1ccccc12. The number of hydrogen-bond donors (Lipinski definition) is 0. The molecule has 1 heterocycles. The molecule has 1 spiro atoms. The molecule has 11 aromatic rings. The van der Waals surface area contributed by atoms with Gasteiger partial charge in [0, 0.05) is 38.9 Å². The summed E-state index contributed by atoms with van der Waals surface area (Å²) in [5.74, 6) is 0. The van der Waals surface area contributed by atoms with Gasteiger partial charge in [-0.15, -0.1) is 0 Å². The zero-order chi connectivity index (χ0) is 43.7. The van der Waals surface area contributed by atoms with Crippen molar-refractivity contribution in [2.24, 2.45) is 0 Å². The molecule has 0 N–H and O–H groups in total. The Kier molecular flexibility index (Phi) is 7.70. The Labute approximate surface area is 385 Å². The molecule has 0 amide bonds. The third-order valence-corrected chi connectivity index (χ3v) is 15.2. The first-order valence-electron chi connectivity index (χ1n) is 23.2. The van der Waals surface area contributed by atoms with Gasteiger partial charge in [0.25, 0.3) is 0 Å². The Morgan fingerprint density at radius 1 is 0.333 bits per heavy atom. The predicted octanol–water partition coefficient (Wildman–Crippen LogP) is 16.6. The van der Waals surface area contributed by atoms with Gasteiger partial charge >= 0.3 is 0 Å². The molecule has 0 unspecified atom stereocenters. The summed E-state index contributed by atoms with van der Waals surface area (Å²) in [6.07, 6.45) is 0. The van der Waals surface area contributed by atoms with E-state index in [0.29, 0.717) is 0 Å². The van der Waals surface area contributed by atoms with E-state index in [1.54, 1.807) is 0 Å². The van der Waals surface area contributed by atoms with Crippen LogP contribution in [0.25, 0.3) is 72.0 Å². The monoisotopic (exact) mass is 840 g/mol. The molecule has 310 valence electrons. The molecule has 1 aromatic heterocycles. The number of benzene rings is 10. The Balaban J connectivity index is 0.933. The molecule has 3 aliphatic rings. The first-order valence-corrected chi connectivity index (χ1v) is 23.2. The van der Waals surface area contributed by atoms with Gasteiger partial charge in [0.05, 0.1) is 16.4 Å². The standard InChI is InChI=1S/C64H44N2/c1-63(2)56-36-37-57-62(50-24-11-15-27-55(50)64(57)53-25-13-9-21-47(53)48-22-10-14-26-54(48)64)61(56)51-35-33-46(40-58(51)63)66-59-28-16-12-23-49(59)52-39-45(34-38-60(52)66)65(43-19-7-4-8-20-43)44-31-29-42(30-32-44)41-17-5-3-6-18-41/h3-40H,1-2H3. The normalized spacial score (nSPS) is 14.2. The van der Waals surface area contributed by atoms with Gasteiger partial charge in [-0.3, -0.25) is 0 Å². The molecule has 0 aliphatic heterocycles. The highest BCUT2D eigenvalue weighted by Gasteiger charge is 2.53. The number of para-hydroxylation sites is 2. The number of nitrogens with zero attached hydrogens (tertiary/aromatic N) is 2. The topological polar surface area (TPSA) is 8.17 Å². The van der Waals surface area contributed by atoms with E-state index < -0.39 is 0 Å². The van der Waals surface area contributed by atoms with Crippen molar-refractivity contribution in [3.63, 3.8) is 0 Å². The largest absolute Gasteiger partial charge is 0.310 e. The fourth-order valence-electron chi connectivity index (χ4n) is 12.4. The van der Waals surface area contributed by atoms with Crippen LogP contribution < -0.4 is 4.90 Å². The van der Waals surface area contributed by atoms with E-state index in [4.69, 9.17) is 0 Å². The molecule has 0 radical (unpaired) electrons. The molecular weight excluding hydrogens is 797 g/mol. The third-order valence-electron chi connectivity index (χ3n) is 15.2. The maximum absolute atomic E-state index is 2.49. The van der Waals surface area contributed by atoms with Crippen LogP contribution in [-0.4, -0.2) is 4.57 Å². The number of anilines is 3. The second-order valence-electron chi connectivity index (χ2n) is 18.8. The Bertz CT molecular complexity index is 3730. The lowest BCUT2D eigenvalue weighted by Crippen LogP contribution is -2.26. The van der Waals surface area contributed by atoms with Gasteiger partial charge in [0.1, 0.15) is 0 Å². The van der Waals surface area contributed by atoms with Crippen molar-refractivity contribution in [2.75, 3.05) is 4.90 Å². The molecule has 2 heteroatoms. The number of hydrogen-bond acceptors (Lipinski definition) is 1. The van der Waals surface area contributed by atoms with Gasteiger partial charge in [-0.25, -0.2) is 0 Å². The van der Waals surface area contributed by atoms with Crippen LogP contribution in [0, 0.1) is 0 Å². The molecule has 3 aliphatic carbocycles. The first kappa shape index (κ1) is 37.2. The van der Waals surface area contributed by atoms with Crippen LogP contribution in [-0.2, 0) is 10.8 Å². The van der Waals surface area contributed by atoms with Crippen molar-refractivity contribution in [1.82, 2.24) is 4.57 Å². The van der Waals surface area contributed by atoms with Crippen LogP contribution in [0.15, 0.2) is 231 Å². The van der Waals surface area contributed by atoms with Crippen LogP contribution in [0.2, 0.25) is 0 Å². The van der Waals surface area contributed by atoms with Gasteiger partial charge in [0.15, 0.2) is 0 Å². The predicted molar refractivity (Wildman–Crippen MR) is 275 cm³/mol. The zero-order valence-corrected chi connectivity index (χ0v) is 36.8. The van der Waals surface area contributed by atoms with Gasteiger partial charge in [-0.1, -0.05) is 184 Å². The summed E-state index contributed by atoms with van der Waals surface area (Å²) in [7, 11) is 0. The van der Waals surface area contributed by atoms with Gasteiger partial charge in [0.2, 0.25) is 0 Å². The average Bonchev–Trinajstić information content (AvgIpc) is 4.05. The molecule has 66 heavy (non-hydrogen) atoms. The fraction of sp³-hybridized carbons (Fsp3) is 0.0625. The lowest BCUT2D eigenvalue weighted by molar-refractivity contribution is 0.659. The summed E-state index contributed by atoms with van der Waals surface area (Å²) in [5.41, 5.74) is 25.2. The summed E-state index contributed by atoms with van der Waals surface area (Å²) in [6.45, 7) is 4.85. The molecule has 2 nitrogen and oxygen atoms in total. The van der Waals surface area contributed by atoms with Gasteiger partial charge in [-0.2, -0.15) is 0 Å². The maximum atomic E-state index is 2.49. The van der Waals surface area contributed by atoms with E-state index in [-0.39, 0.29) is 10.8 Å². The van der Waals surface area contributed by atoms with Crippen molar-refractivity contribution in [3.05, 3.63) is 264 Å². The van der Waals surface area contributed by atoms with Crippen molar-refractivity contribution < 1.29 is 0 Å². The molecule has 14 rings (SSSR count). The van der Waals surface area contributed by atoms with E-state index >= 15 is 0 Å².